The molecule has 2 N–H and O–H groups in total. The number of carbonyl (C=O) groups is 3. The van der Waals surface area contributed by atoms with Crippen molar-refractivity contribution in [2.45, 2.75) is 39.3 Å². The molecule has 2 aliphatic heterocycles. The van der Waals surface area contributed by atoms with Crippen LogP contribution in [-0.4, -0.2) is 70.9 Å². The van der Waals surface area contributed by atoms with Gasteiger partial charge in [0.05, 0.1) is 6.54 Å². The second-order valence-electron chi connectivity index (χ2n) is 7.77. The summed E-state index contributed by atoms with van der Waals surface area (Å²) in [4.78, 5) is 41.1. The molecule has 0 radical (unpaired) electrons. The predicted octanol–water partition coefficient (Wildman–Crippen LogP) is 0.864. The Labute approximate surface area is 165 Å². The Morgan fingerprint density at radius 1 is 1.14 bits per heavy atom. The van der Waals surface area contributed by atoms with Crippen molar-refractivity contribution in [2.24, 2.45) is 0 Å². The number of benzene rings is 1. The van der Waals surface area contributed by atoms with Crippen LogP contribution in [0.4, 0.5) is 4.79 Å². The van der Waals surface area contributed by atoms with Gasteiger partial charge < -0.3 is 5.32 Å². The molecule has 4 amide bonds. The van der Waals surface area contributed by atoms with Gasteiger partial charge in [-0.25, -0.2) is 4.79 Å². The molecule has 1 aromatic rings. The van der Waals surface area contributed by atoms with Gasteiger partial charge in [-0.3, -0.25) is 24.8 Å². The fraction of sp³-hybridized carbons (Fsp3) is 0.550. The Bertz CT molecular complexity index is 760. The number of rotatable bonds is 6. The van der Waals surface area contributed by atoms with E-state index in [1.165, 1.54) is 11.1 Å². The summed E-state index contributed by atoms with van der Waals surface area (Å²) in [5, 5.41) is 3.43. The largest absolute Gasteiger partial charge is 0.344 e. The van der Waals surface area contributed by atoms with E-state index in [1.807, 2.05) is 17.9 Å². The maximum absolute atomic E-state index is 12.3. The van der Waals surface area contributed by atoms with Crippen LogP contribution in [0, 0.1) is 6.92 Å². The monoisotopic (exact) mass is 387 g/mol. The molecule has 1 aromatic carbocycles. The number of hydrazine groups is 1. The molecule has 2 aliphatic rings. The molecule has 8 heteroatoms. The minimum Gasteiger partial charge on any atom is -0.322 e. The van der Waals surface area contributed by atoms with Crippen LogP contribution in [0.25, 0.3) is 0 Å². The number of amides is 4. The first-order chi connectivity index (χ1) is 13.3. The molecular formula is C20H29N5O3. The van der Waals surface area contributed by atoms with Crippen LogP contribution in [-0.2, 0) is 16.1 Å². The number of nitrogens with zero attached hydrogens (tertiary/aromatic N) is 3. The van der Waals surface area contributed by atoms with Crippen molar-refractivity contribution in [1.29, 1.82) is 0 Å². The minimum absolute atomic E-state index is 0.165. The zero-order valence-corrected chi connectivity index (χ0v) is 16.8. The molecule has 0 bridgehead atoms. The molecule has 0 aromatic heterocycles. The predicted molar refractivity (Wildman–Crippen MR) is 105 cm³/mol. The Morgan fingerprint density at radius 2 is 1.79 bits per heavy atom. The second-order valence-corrected chi connectivity index (χ2v) is 7.77. The molecule has 2 saturated heterocycles. The van der Waals surface area contributed by atoms with Crippen molar-refractivity contribution in [3.8, 4) is 0 Å². The van der Waals surface area contributed by atoms with Gasteiger partial charge in [-0.2, -0.15) is 5.01 Å². The standard InChI is InChI=1S/C20H29N5O3/c1-4-20(3)18(27)25(19(28)21-20)22-17(26)14-24-11-9-23(10-12-24)13-16-8-6-5-7-15(16)2/h5-8H,4,9-14H2,1-3H3,(H,21,28)(H,22,26). The fourth-order valence-electron chi connectivity index (χ4n) is 3.52. The van der Waals surface area contributed by atoms with Crippen LogP contribution < -0.4 is 10.7 Å². The summed E-state index contributed by atoms with van der Waals surface area (Å²) in [6.07, 6.45) is 0.465. The zero-order valence-electron chi connectivity index (χ0n) is 16.8. The quantitative estimate of drug-likeness (QED) is 0.708. The molecule has 0 saturated carbocycles. The number of urea groups is 1. The molecule has 0 aliphatic carbocycles. The third-order valence-corrected chi connectivity index (χ3v) is 5.69. The highest BCUT2D eigenvalue weighted by molar-refractivity contribution is 6.07. The average Bonchev–Trinajstić information content (AvgIpc) is 2.89. The zero-order chi connectivity index (χ0) is 20.3. The van der Waals surface area contributed by atoms with E-state index in [4.69, 9.17) is 0 Å². The third-order valence-electron chi connectivity index (χ3n) is 5.69. The van der Waals surface area contributed by atoms with Crippen LogP contribution >= 0.6 is 0 Å². The van der Waals surface area contributed by atoms with Crippen molar-refractivity contribution in [1.82, 2.24) is 25.6 Å². The lowest BCUT2D eigenvalue weighted by molar-refractivity contribution is -0.139. The van der Waals surface area contributed by atoms with Gasteiger partial charge in [0.1, 0.15) is 5.54 Å². The second kappa shape index (κ2) is 8.28. The topological polar surface area (TPSA) is 85.0 Å². The highest BCUT2D eigenvalue weighted by atomic mass is 16.2. The fourth-order valence-corrected chi connectivity index (χ4v) is 3.52. The molecule has 1 atom stereocenters. The van der Waals surface area contributed by atoms with Gasteiger partial charge >= 0.3 is 6.03 Å². The van der Waals surface area contributed by atoms with Crippen molar-refractivity contribution in [2.75, 3.05) is 32.7 Å². The number of hydrogen-bond donors (Lipinski definition) is 2. The van der Waals surface area contributed by atoms with Gasteiger partial charge in [0.25, 0.3) is 11.8 Å². The Hall–Kier alpha value is -2.45. The maximum atomic E-state index is 12.3. The SMILES string of the molecule is CCC1(C)NC(=O)N(NC(=O)CN2CCN(Cc3ccccc3C)CC2)C1=O. The molecular weight excluding hydrogens is 358 g/mol. The van der Waals surface area contributed by atoms with Crippen molar-refractivity contribution in [3.05, 3.63) is 35.4 Å². The lowest BCUT2D eigenvalue weighted by atomic mass is 10.00. The van der Waals surface area contributed by atoms with Crippen LogP contribution in [0.2, 0.25) is 0 Å². The minimum atomic E-state index is -0.953. The van der Waals surface area contributed by atoms with Crippen LogP contribution in [0.3, 0.4) is 0 Å². The van der Waals surface area contributed by atoms with Crippen molar-refractivity contribution in [3.63, 3.8) is 0 Å². The number of imide groups is 1. The van der Waals surface area contributed by atoms with Gasteiger partial charge in [0.2, 0.25) is 0 Å². The molecule has 1 unspecified atom stereocenters. The maximum Gasteiger partial charge on any atom is 0.344 e. The highest BCUT2D eigenvalue weighted by Gasteiger charge is 2.47. The molecule has 0 spiro atoms. The molecule has 2 fully saturated rings. The number of hydrogen-bond acceptors (Lipinski definition) is 5. The normalized spacial score (nSPS) is 23.8. The van der Waals surface area contributed by atoms with Crippen LogP contribution in [0.1, 0.15) is 31.4 Å². The van der Waals surface area contributed by atoms with Gasteiger partial charge in [0, 0.05) is 32.7 Å². The summed E-state index contributed by atoms with van der Waals surface area (Å²) in [7, 11) is 0. The molecule has 152 valence electrons. The summed E-state index contributed by atoms with van der Waals surface area (Å²) >= 11 is 0. The Balaban J connectivity index is 1.46. The van der Waals surface area contributed by atoms with Crippen LogP contribution in [0.5, 0.6) is 0 Å². The van der Waals surface area contributed by atoms with E-state index in [9.17, 15) is 14.4 Å². The number of aryl methyl sites for hydroxylation is 1. The summed E-state index contributed by atoms with van der Waals surface area (Å²) in [5.41, 5.74) is 4.11. The summed E-state index contributed by atoms with van der Waals surface area (Å²) < 4.78 is 0. The lowest BCUT2D eigenvalue weighted by Crippen LogP contribution is -2.53. The summed E-state index contributed by atoms with van der Waals surface area (Å²) in [6.45, 7) is 9.96. The Kier molecular flexibility index (Phi) is 6.00. The van der Waals surface area contributed by atoms with E-state index in [2.05, 4.69) is 40.8 Å². The molecule has 2 heterocycles. The van der Waals surface area contributed by atoms with E-state index in [1.54, 1.807) is 6.92 Å². The van der Waals surface area contributed by atoms with Crippen molar-refractivity contribution >= 4 is 17.8 Å². The first-order valence-corrected chi connectivity index (χ1v) is 9.78. The number of piperazine rings is 1. The van der Waals surface area contributed by atoms with E-state index in [0.29, 0.717) is 6.42 Å². The highest BCUT2D eigenvalue weighted by Crippen LogP contribution is 2.19. The van der Waals surface area contributed by atoms with Crippen LogP contribution in [0.15, 0.2) is 24.3 Å². The summed E-state index contributed by atoms with van der Waals surface area (Å²) in [5.74, 6) is -0.771. The molecule has 3 rings (SSSR count). The van der Waals surface area contributed by atoms with Crippen molar-refractivity contribution < 1.29 is 14.4 Å². The van der Waals surface area contributed by atoms with Gasteiger partial charge in [-0.1, -0.05) is 31.2 Å². The van der Waals surface area contributed by atoms with E-state index < -0.39 is 17.5 Å². The third kappa shape index (κ3) is 4.34. The number of carbonyl (C=O) groups excluding carboxylic acids is 3. The number of nitrogens with one attached hydrogen (secondary N) is 2. The first-order valence-electron chi connectivity index (χ1n) is 9.78. The lowest BCUT2D eigenvalue weighted by Gasteiger charge is -2.34. The van der Waals surface area contributed by atoms with Gasteiger partial charge in [-0.05, 0) is 31.4 Å². The van der Waals surface area contributed by atoms with E-state index in [-0.39, 0.29) is 12.5 Å². The first kappa shape index (κ1) is 20.3. The van der Waals surface area contributed by atoms with Gasteiger partial charge in [0.15, 0.2) is 0 Å². The smallest absolute Gasteiger partial charge is 0.322 e. The van der Waals surface area contributed by atoms with E-state index >= 15 is 0 Å². The van der Waals surface area contributed by atoms with Gasteiger partial charge in [-0.15, -0.1) is 0 Å². The average molecular weight is 387 g/mol. The molecule has 28 heavy (non-hydrogen) atoms. The summed E-state index contributed by atoms with van der Waals surface area (Å²) in [6, 6.07) is 7.80. The Morgan fingerprint density at radius 3 is 2.39 bits per heavy atom. The van der Waals surface area contributed by atoms with E-state index in [0.717, 1.165) is 37.7 Å². The molecule has 8 nitrogen and oxygen atoms in total.